The van der Waals surface area contributed by atoms with Gasteiger partial charge in [-0.05, 0) is 57.2 Å². The number of benzene rings is 1. The van der Waals surface area contributed by atoms with Gasteiger partial charge in [-0.25, -0.2) is 4.39 Å². The SMILES string of the molecule is Fc1ccc(OCC2CCCO2)c(NC2CCN3CCCC3C2)c1. The van der Waals surface area contributed by atoms with Crippen molar-refractivity contribution in [2.24, 2.45) is 0 Å². The van der Waals surface area contributed by atoms with E-state index in [0.717, 1.165) is 50.3 Å². The van der Waals surface area contributed by atoms with Gasteiger partial charge >= 0.3 is 0 Å². The lowest BCUT2D eigenvalue weighted by molar-refractivity contribution is 0.0681. The van der Waals surface area contributed by atoms with Crippen LogP contribution in [-0.2, 0) is 4.74 Å². The van der Waals surface area contributed by atoms with Crippen LogP contribution in [0.5, 0.6) is 5.75 Å². The first kappa shape index (κ1) is 16.2. The molecule has 0 aromatic heterocycles. The molecular weight excluding hydrogens is 307 g/mol. The molecule has 4 rings (SSSR count). The third-order valence-electron chi connectivity index (χ3n) is 5.57. The molecule has 1 N–H and O–H groups in total. The van der Waals surface area contributed by atoms with Crippen LogP contribution in [0.4, 0.5) is 10.1 Å². The Kier molecular flexibility index (Phi) is 4.90. The maximum atomic E-state index is 13.7. The van der Waals surface area contributed by atoms with Gasteiger partial charge in [0.1, 0.15) is 18.2 Å². The van der Waals surface area contributed by atoms with E-state index in [1.54, 1.807) is 12.1 Å². The molecule has 5 heteroatoms. The van der Waals surface area contributed by atoms with Gasteiger partial charge in [0.15, 0.2) is 0 Å². The number of hydrogen-bond acceptors (Lipinski definition) is 4. The Labute approximate surface area is 143 Å². The highest BCUT2D eigenvalue weighted by Gasteiger charge is 2.32. The van der Waals surface area contributed by atoms with Crippen LogP contribution in [0, 0.1) is 5.82 Å². The van der Waals surface area contributed by atoms with Crippen molar-refractivity contribution in [2.75, 3.05) is 31.6 Å². The molecule has 3 heterocycles. The molecular formula is C19H27FN2O2. The van der Waals surface area contributed by atoms with E-state index in [1.165, 1.54) is 25.5 Å². The molecule has 0 radical (unpaired) electrons. The second kappa shape index (κ2) is 7.28. The molecule has 1 aromatic rings. The molecule has 0 bridgehead atoms. The Morgan fingerprint density at radius 2 is 2.17 bits per heavy atom. The van der Waals surface area contributed by atoms with Crippen molar-refractivity contribution in [2.45, 2.75) is 56.7 Å². The zero-order chi connectivity index (χ0) is 16.4. The lowest BCUT2D eigenvalue weighted by atomic mass is 9.97. The lowest BCUT2D eigenvalue weighted by Gasteiger charge is -2.35. The van der Waals surface area contributed by atoms with Crippen molar-refractivity contribution < 1.29 is 13.9 Å². The van der Waals surface area contributed by atoms with Crippen LogP contribution in [0.15, 0.2) is 18.2 Å². The van der Waals surface area contributed by atoms with E-state index in [0.29, 0.717) is 18.7 Å². The van der Waals surface area contributed by atoms with Crippen molar-refractivity contribution in [1.29, 1.82) is 0 Å². The van der Waals surface area contributed by atoms with Crippen molar-refractivity contribution >= 4 is 5.69 Å². The highest BCUT2D eigenvalue weighted by Crippen LogP contribution is 2.32. The van der Waals surface area contributed by atoms with Crippen LogP contribution in [0.2, 0.25) is 0 Å². The Balaban J connectivity index is 1.40. The molecule has 3 atom stereocenters. The molecule has 0 aliphatic carbocycles. The zero-order valence-corrected chi connectivity index (χ0v) is 14.2. The first-order chi connectivity index (χ1) is 11.8. The van der Waals surface area contributed by atoms with Gasteiger partial charge in [-0.15, -0.1) is 0 Å². The van der Waals surface area contributed by atoms with Crippen LogP contribution in [-0.4, -0.2) is 49.4 Å². The van der Waals surface area contributed by atoms with Gasteiger partial charge < -0.3 is 19.7 Å². The number of fused-ring (bicyclic) bond motifs is 1. The lowest BCUT2D eigenvalue weighted by Crippen LogP contribution is -2.42. The molecule has 0 amide bonds. The summed E-state index contributed by atoms with van der Waals surface area (Å²) in [6.07, 6.45) is 7.17. The third-order valence-corrected chi connectivity index (χ3v) is 5.57. The number of hydrogen-bond donors (Lipinski definition) is 1. The summed E-state index contributed by atoms with van der Waals surface area (Å²) in [5.41, 5.74) is 0.782. The predicted octanol–water partition coefficient (Wildman–Crippen LogP) is 3.42. The molecule has 0 spiro atoms. The van der Waals surface area contributed by atoms with Gasteiger partial charge in [0, 0.05) is 31.3 Å². The molecule has 3 saturated heterocycles. The van der Waals surface area contributed by atoms with Gasteiger partial charge in [0.25, 0.3) is 0 Å². The van der Waals surface area contributed by atoms with Crippen LogP contribution >= 0.6 is 0 Å². The van der Waals surface area contributed by atoms with E-state index in [9.17, 15) is 4.39 Å². The molecule has 1 aromatic carbocycles. The minimum atomic E-state index is -0.222. The van der Waals surface area contributed by atoms with E-state index < -0.39 is 0 Å². The molecule has 132 valence electrons. The maximum absolute atomic E-state index is 13.7. The van der Waals surface area contributed by atoms with Crippen LogP contribution in [0.25, 0.3) is 0 Å². The number of anilines is 1. The quantitative estimate of drug-likeness (QED) is 0.895. The van der Waals surface area contributed by atoms with Gasteiger partial charge in [-0.3, -0.25) is 0 Å². The average molecular weight is 334 g/mol. The fraction of sp³-hybridized carbons (Fsp3) is 0.684. The van der Waals surface area contributed by atoms with E-state index in [-0.39, 0.29) is 11.9 Å². The Morgan fingerprint density at radius 1 is 1.21 bits per heavy atom. The van der Waals surface area contributed by atoms with Gasteiger partial charge in [0.05, 0.1) is 11.8 Å². The minimum Gasteiger partial charge on any atom is -0.489 e. The highest BCUT2D eigenvalue weighted by molar-refractivity contribution is 5.57. The molecule has 3 fully saturated rings. The first-order valence-electron chi connectivity index (χ1n) is 9.32. The number of ether oxygens (including phenoxy) is 2. The summed E-state index contributed by atoms with van der Waals surface area (Å²) in [6.45, 7) is 3.75. The summed E-state index contributed by atoms with van der Waals surface area (Å²) in [5, 5.41) is 3.55. The van der Waals surface area contributed by atoms with Crippen molar-refractivity contribution in [3.63, 3.8) is 0 Å². The van der Waals surface area contributed by atoms with E-state index >= 15 is 0 Å². The largest absolute Gasteiger partial charge is 0.489 e. The number of halogens is 1. The standard InChI is InChI=1S/C19H27FN2O2/c20-14-5-6-19(24-13-17-4-2-10-23-17)18(11-14)21-15-7-9-22-8-1-3-16(22)12-15/h5-6,11,15-17,21H,1-4,7-10,12-13H2. The summed E-state index contributed by atoms with van der Waals surface area (Å²) in [4.78, 5) is 2.60. The Morgan fingerprint density at radius 3 is 3.04 bits per heavy atom. The minimum absolute atomic E-state index is 0.171. The number of nitrogens with one attached hydrogen (secondary N) is 1. The number of rotatable bonds is 5. The summed E-state index contributed by atoms with van der Waals surface area (Å²) < 4.78 is 25.3. The molecule has 0 saturated carbocycles. The van der Waals surface area contributed by atoms with Crippen LogP contribution in [0.3, 0.4) is 0 Å². The van der Waals surface area contributed by atoms with E-state index in [1.807, 2.05) is 0 Å². The molecule has 3 aliphatic rings. The smallest absolute Gasteiger partial charge is 0.142 e. The molecule has 4 nitrogen and oxygen atoms in total. The van der Waals surface area contributed by atoms with Crippen molar-refractivity contribution in [3.8, 4) is 5.75 Å². The fourth-order valence-electron chi connectivity index (χ4n) is 4.27. The summed E-state index contributed by atoms with van der Waals surface area (Å²) in [5.74, 6) is 0.515. The summed E-state index contributed by atoms with van der Waals surface area (Å²) in [6, 6.07) is 5.86. The van der Waals surface area contributed by atoms with Gasteiger partial charge in [-0.1, -0.05) is 0 Å². The number of nitrogens with zero attached hydrogens (tertiary/aromatic N) is 1. The summed E-state index contributed by atoms with van der Waals surface area (Å²) >= 11 is 0. The maximum Gasteiger partial charge on any atom is 0.142 e. The van der Waals surface area contributed by atoms with Gasteiger partial charge in [0.2, 0.25) is 0 Å². The molecule has 3 aliphatic heterocycles. The van der Waals surface area contributed by atoms with Crippen molar-refractivity contribution in [3.05, 3.63) is 24.0 Å². The second-order valence-corrected chi connectivity index (χ2v) is 7.28. The average Bonchev–Trinajstić information content (AvgIpc) is 3.25. The Bertz CT molecular complexity index is 562. The second-order valence-electron chi connectivity index (χ2n) is 7.28. The van der Waals surface area contributed by atoms with Crippen LogP contribution in [0.1, 0.15) is 38.5 Å². The van der Waals surface area contributed by atoms with E-state index in [4.69, 9.17) is 9.47 Å². The van der Waals surface area contributed by atoms with Crippen LogP contribution < -0.4 is 10.1 Å². The number of piperidine rings is 1. The topological polar surface area (TPSA) is 33.7 Å². The normalized spacial score (nSPS) is 30.3. The zero-order valence-electron chi connectivity index (χ0n) is 14.2. The monoisotopic (exact) mass is 334 g/mol. The van der Waals surface area contributed by atoms with Gasteiger partial charge in [-0.2, -0.15) is 0 Å². The third kappa shape index (κ3) is 3.67. The fourth-order valence-corrected chi connectivity index (χ4v) is 4.27. The summed E-state index contributed by atoms with van der Waals surface area (Å²) in [7, 11) is 0. The van der Waals surface area contributed by atoms with Crippen molar-refractivity contribution in [1.82, 2.24) is 4.90 Å². The first-order valence-corrected chi connectivity index (χ1v) is 9.32. The predicted molar refractivity (Wildman–Crippen MR) is 92.1 cm³/mol. The Hall–Kier alpha value is -1.33. The van der Waals surface area contributed by atoms with E-state index in [2.05, 4.69) is 10.2 Å². The molecule has 3 unspecified atom stereocenters. The highest BCUT2D eigenvalue weighted by atomic mass is 19.1. The molecule has 24 heavy (non-hydrogen) atoms.